The van der Waals surface area contributed by atoms with Crippen molar-refractivity contribution in [2.24, 2.45) is 0 Å². The van der Waals surface area contributed by atoms with E-state index in [2.05, 4.69) is 37.4 Å². The summed E-state index contributed by atoms with van der Waals surface area (Å²) in [5.74, 6) is 2.34. The van der Waals surface area contributed by atoms with Crippen molar-refractivity contribution < 1.29 is 4.74 Å². The smallest absolute Gasteiger partial charge is 0.228 e. The van der Waals surface area contributed by atoms with Crippen LogP contribution in [0.3, 0.4) is 0 Å². The maximum Gasteiger partial charge on any atom is 0.228 e. The summed E-state index contributed by atoms with van der Waals surface area (Å²) in [6.45, 7) is 7.71. The largest absolute Gasteiger partial charge is 0.379 e. The van der Waals surface area contributed by atoms with Crippen LogP contribution >= 0.6 is 11.8 Å². The molecule has 26 heavy (non-hydrogen) atoms. The van der Waals surface area contributed by atoms with Crippen LogP contribution in [0.4, 0.5) is 11.9 Å². The molecule has 0 atom stereocenters. The van der Waals surface area contributed by atoms with Crippen LogP contribution in [0.15, 0.2) is 5.16 Å². The van der Waals surface area contributed by atoms with E-state index in [0.29, 0.717) is 11.9 Å². The van der Waals surface area contributed by atoms with Crippen LogP contribution in [0.5, 0.6) is 0 Å². The molecule has 8 heteroatoms. The number of thioether (sulfide) groups is 1. The van der Waals surface area contributed by atoms with Crippen molar-refractivity contribution in [2.75, 3.05) is 62.8 Å². The Hall–Kier alpha value is -1.12. The van der Waals surface area contributed by atoms with Crippen molar-refractivity contribution in [3.8, 4) is 0 Å². The van der Waals surface area contributed by atoms with Gasteiger partial charge in [-0.1, -0.05) is 50.8 Å². The van der Waals surface area contributed by atoms with Crippen molar-refractivity contribution in [3.05, 3.63) is 0 Å². The summed E-state index contributed by atoms with van der Waals surface area (Å²) in [5.41, 5.74) is 0. The summed E-state index contributed by atoms with van der Waals surface area (Å²) in [7, 11) is 1.84. The van der Waals surface area contributed by atoms with Crippen LogP contribution in [-0.4, -0.2) is 72.0 Å². The third kappa shape index (κ3) is 8.51. The molecule has 1 aromatic rings. The molecule has 1 saturated heterocycles. The minimum Gasteiger partial charge on any atom is -0.379 e. The summed E-state index contributed by atoms with van der Waals surface area (Å²) >= 11 is 1.72. The molecule has 0 unspecified atom stereocenters. The number of morpholine rings is 1. The highest BCUT2D eigenvalue weighted by atomic mass is 32.2. The lowest BCUT2D eigenvalue weighted by atomic mass is 10.1. The first-order chi connectivity index (χ1) is 12.8. The third-order valence-corrected chi connectivity index (χ3v) is 5.32. The number of anilines is 2. The maximum atomic E-state index is 5.38. The van der Waals surface area contributed by atoms with Crippen molar-refractivity contribution in [1.29, 1.82) is 0 Å². The molecule has 0 aromatic carbocycles. The van der Waals surface area contributed by atoms with Gasteiger partial charge in [-0.2, -0.15) is 15.0 Å². The number of nitrogens with one attached hydrogen (secondary N) is 2. The zero-order valence-electron chi connectivity index (χ0n) is 16.3. The van der Waals surface area contributed by atoms with Gasteiger partial charge in [-0.3, -0.25) is 4.90 Å². The van der Waals surface area contributed by atoms with Crippen LogP contribution in [0, 0.1) is 0 Å². The molecular weight excluding hydrogens is 348 g/mol. The molecule has 0 radical (unpaired) electrons. The molecule has 2 N–H and O–H groups in total. The maximum absolute atomic E-state index is 5.38. The molecule has 1 aliphatic rings. The van der Waals surface area contributed by atoms with E-state index < -0.39 is 0 Å². The van der Waals surface area contributed by atoms with E-state index in [1.54, 1.807) is 11.8 Å². The van der Waals surface area contributed by atoms with Gasteiger partial charge in [0.1, 0.15) is 0 Å². The summed E-state index contributed by atoms with van der Waals surface area (Å²) in [4.78, 5) is 15.8. The zero-order valence-corrected chi connectivity index (χ0v) is 17.1. The Morgan fingerprint density at radius 3 is 2.50 bits per heavy atom. The topological polar surface area (TPSA) is 75.2 Å². The number of hydrogen-bond donors (Lipinski definition) is 2. The number of rotatable bonds is 13. The van der Waals surface area contributed by atoms with E-state index in [4.69, 9.17) is 4.74 Å². The predicted octanol–water partition coefficient (Wildman–Crippen LogP) is 3.11. The fourth-order valence-corrected chi connectivity index (χ4v) is 3.64. The van der Waals surface area contributed by atoms with Gasteiger partial charge in [0.05, 0.1) is 13.2 Å². The van der Waals surface area contributed by atoms with Gasteiger partial charge in [0.2, 0.25) is 11.9 Å². The molecule has 0 saturated carbocycles. The van der Waals surface area contributed by atoms with Crippen LogP contribution in [-0.2, 0) is 4.74 Å². The van der Waals surface area contributed by atoms with Gasteiger partial charge in [-0.15, -0.1) is 0 Å². The monoisotopic (exact) mass is 382 g/mol. The van der Waals surface area contributed by atoms with E-state index in [1.807, 2.05) is 7.05 Å². The summed E-state index contributed by atoms with van der Waals surface area (Å²) in [6, 6.07) is 0. The molecule has 0 bridgehead atoms. The summed E-state index contributed by atoms with van der Waals surface area (Å²) in [5, 5.41) is 7.16. The molecule has 148 valence electrons. The van der Waals surface area contributed by atoms with E-state index >= 15 is 0 Å². The van der Waals surface area contributed by atoms with Crippen molar-refractivity contribution in [3.63, 3.8) is 0 Å². The van der Waals surface area contributed by atoms with Crippen LogP contribution < -0.4 is 10.6 Å². The van der Waals surface area contributed by atoms with Gasteiger partial charge in [-0.25, -0.2) is 0 Å². The molecule has 1 aromatic heterocycles. The second kappa shape index (κ2) is 13.1. The number of hydrogen-bond acceptors (Lipinski definition) is 8. The fraction of sp³-hybridized carbons (Fsp3) is 0.833. The van der Waals surface area contributed by atoms with Gasteiger partial charge in [0, 0.05) is 39.0 Å². The van der Waals surface area contributed by atoms with E-state index in [-0.39, 0.29) is 0 Å². The Morgan fingerprint density at radius 2 is 1.73 bits per heavy atom. The average molecular weight is 383 g/mol. The highest BCUT2D eigenvalue weighted by Crippen LogP contribution is 2.18. The minimum absolute atomic E-state index is 0.624. The zero-order chi connectivity index (χ0) is 18.5. The summed E-state index contributed by atoms with van der Waals surface area (Å²) in [6.07, 6.45) is 7.85. The van der Waals surface area contributed by atoms with Gasteiger partial charge in [-0.05, 0) is 6.42 Å². The van der Waals surface area contributed by atoms with Crippen molar-refractivity contribution >= 4 is 23.7 Å². The molecule has 0 aliphatic carbocycles. The normalized spacial score (nSPS) is 15.2. The van der Waals surface area contributed by atoms with Crippen LogP contribution in [0.2, 0.25) is 0 Å². The lowest BCUT2D eigenvalue weighted by Crippen LogP contribution is -2.39. The van der Waals surface area contributed by atoms with Gasteiger partial charge in [0.25, 0.3) is 0 Å². The second-order valence-corrected chi connectivity index (χ2v) is 7.57. The Labute approximate surface area is 162 Å². The van der Waals surface area contributed by atoms with E-state index in [9.17, 15) is 0 Å². The first-order valence-corrected chi connectivity index (χ1v) is 10.9. The molecule has 0 amide bonds. The first kappa shape index (κ1) is 21.2. The van der Waals surface area contributed by atoms with E-state index in [1.165, 1.54) is 38.5 Å². The molecule has 7 nitrogen and oxygen atoms in total. The quantitative estimate of drug-likeness (QED) is 0.398. The standard InChI is InChI=1S/C18H34N6OS/c1-3-4-5-6-7-8-15-26-18-22-16(19-2)21-17(23-18)20-9-10-24-11-13-25-14-12-24/h3-15H2,1-2H3,(H2,19,20,21,22,23). The van der Waals surface area contributed by atoms with Crippen LogP contribution in [0.25, 0.3) is 0 Å². The SMILES string of the molecule is CCCCCCCCSc1nc(NC)nc(NCCN2CCOCC2)n1. The molecule has 0 spiro atoms. The highest BCUT2D eigenvalue weighted by molar-refractivity contribution is 7.99. The third-order valence-electron chi connectivity index (χ3n) is 4.38. The Morgan fingerprint density at radius 1 is 1.00 bits per heavy atom. The Balaban J connectivity index is 1.71. The average Bonchev–Trinajstić information content (AvgIpc) is 2.68. The summed E-state index contributed by atoms with van der Waals surface area (Å²) < 4.78 is 5.38. The predicted molar refractivity (Wildman–Crippen MR) is 109 cm³/mol. The first-order valence-electron chi connectivity index (χ1n) is 9.92. The fourth-order valence-electron chi connectivity index (χ4n) is 2.81. The molecule has 2 rings (SSSR count). The molecular formula is C18H34N6OS. The molecule has 1 aliphatic heterocycles. The van der Waals surface area contributed by atoms with Gasteiger partial charge in [0.15, 0.2) is 5.16 Å². The second-order valence-electron chi connectivity index (χ2n) is 6.51. The van der Waals surface area contributed by atoms with Crippen LogP contribution in [0.1, 0.15) is 45.4 Å². The lowest BCUT2D eigenvalue weighted by molar-refractivity contribution is 0.0398. The minimum atomic E-state index is 0.624. The van der Waals surface area contributed by atoms with Gasteiger partial charge >= 0.3 is 0 Å². The van der Waals surface area contributed by atoms with Gasteiger partial charge < -0.3 is 15.4 Å². The number of unbranched alkanes of at least 4 members (excludes halogenated alkanes) is 5. The van der Waals surface area contributed by atoms with Crippen molar-refractivity contribution in [2.45, 2.75) is 50.6 Å². The lowest BCUT2D eigenvalue weighted by Gasteiger charge is -2.26. The highest BCUT2D eigenvalue weighted by Gasteiger charge is 2.10. The number of aromatic nitrogens is 3. The Kier molecular flexibility index (Phi) is 10.7. The van der Waals surface area contributed by atoms with Crippen molar-refractivity contribution in [1.82, 2.24) is 19.9 Å². The Bertz CT molecular complexity index is 499. The number of ether oxygens (including phenoxy) is 1. The molecule has 1 fully saturated rings. The molecule has 2 heterocycles. The number of nitrogens with zero attached hydrogens (tertiary/aromatic N) is 4. The van der Waals surface area contributed by atoms with E-state index in [0.717, 1.165) is 50.3 Å².